The van der Waals surface area contributed by atoms with Crippen molar-refractivity contribution in [1.82, 2.24) is 4.98 Å². The van der Waals surface area contributed by atoms with Gasteiger partial charge in [0.15, 0.2) is 0 Å². The molecule has 3 aromatic rings. The first-order valence-electron chi connectivity index (χ1n) is 6.56. The number of aryl methyl sites for hydroxylation is 1. The molecule has 0 aliphatic carbocycles. The van der Waals surface area contributed by atoms with E-state index in [-0.39, 0.29) is 0 Å². The van der Waals surface area contributed by atoms with Gasteiger partial charge < -0.3 is 5.32 Å². The average Bonchev–Trinajstić information content (AvgIpc) is 2.44. The fourth-order valence-corrected chi connectivity index (χ4v) is 2.95. The second kappa shape index (κ2) is 5.63. The quantitative estimate of drug-likeness (QED) is 0.739. The molecule has 0 saturated carbocycles. The molecule has 0 amide bonds. The maximum Gasteiger partial charge on any atom is 0.0705 e. The third-order valence-electron chi connectivity index (χ3n) is 3.26. The Morgan fingerprint density at radius 2 is 1.95 bits per heavy atom. The van der Waals surface area contributed by atoms with Crippen LogP contribution in [0.1, 0.15) is 11.1 Å². The highest BCUT2D eigenvalue weighted by atomic mass is 79.9. The maximum atomic E-state index is 4.39. The van der Waals surface area contributed by atoms with Crippen LogP contribution >= 0.6 is 15.9 Å². The van der Waals surface area contributed by atoms with Gasteiger partial charge in [-0.15, -0.1) is 0 Å². The van der Waals surface area contributed by atoms with Crippen LogP contribution in [-0.2, 0) is 6.54 Å². The zero-order valence-corrected chi connectivity index (χ0v) is 12.8. The third-order valence-corrected chi connectivity index (χ3v) is 3.72. The normalized spacial score (nSPS) is 10.7. The average molecular weight is 327 g/mol. The minimum Gasteiger partial charge on any atom is -0.381 e. The summed E-state index contributed by atoms with van der Waals surface area (Å²) < 4.78 is 1.10. The molecule has 3 heteroatoms. The molecular weight excluding hydrogens is 312 g/mol. The Balaban J connectivity index is 1.87. The van der Waals surface area contributed by atoms with Crippen molar-refractivity contribution >= 4 is 32.5 Å². The number of pyridine rings is 1. The first kappa shape index (κ1) is 13.1. The fraction of sp³-hybridized carbons (Fsp3) is 0.118. The number of aromatic nitrogens is 1. The van der Waals surface area contributed by atoms with Crippen LogP contribution in [0, 0.1) is 6.92 Å². The first-order valence-corrected chi connectivity index (χ1v) is 7.35. The highest BCUT2D eigenvalue weighted by Gasteiger charge is 2.02. The number of fused-ring (bicyclic) bond motifs is 1. The summed E-state index contributed by atoms with van der Waals surface area (Å²) in [7, 11) is 0. The fourth-order valence-electron chi connectivity index (χ4n) is 2.34. The predicted molar refractivity (Wildman–Crippen MR) is 87.9 cm³/mol. The second-order valence-corrected chi connectivity index (χ2v) is 5.77. The molecule has 1 heterocycles. The van der Waals surface area contributed by atoms with E-state index >= 15 is 0 Å². The van der Waals surface area contributed by atoms with Gasteiger partial charge in [-0.1, -0.05) is 34.1 Å². The van der Waals surface area contributed by atoms with Crippen LogP contribution in [0.2, 0.25) is 0 Å². The summed E-state index contributed by atoms with van der Waals surface area (Å²) in [6.07, 6.45) is 1.87. The van der Waals surface area contributed by atoms with E-state index in [1.165, 1.54) is 16.5 Å². The standard InChI is InChI=1S/C17H15BrN2/c1-12-8-14(18)10-15(9-12)20-11-13-6-7-19-17-5-3-2-4-16(13)17/h2-10,20H,11H2,1H3. The Kier molecular flexibility index (Phi) is 3.70. The van der Waals surface area contributed by atoms with Crippen LogP contribution in [0.5, 0.6) is 0 Å². The second-order valence-electron chi connectivity index (χ2n) is 4.86. The third kappa shape index (κ3) is 2.83. The van der Waals surface area contributed by atoms with Gasteiger partial charge in [-0.2, -0.15) is 0 Å². The van der Waals surface area contributed by atoms with Crippen molar-refractivity contribution in [2.24, 2.45) is 0 Å². The summed E-state index contributed by atoms with van der Waals surface area (Å²) in [5, 5.41) is 4.68. The molecule has 0 atom stereocenters. The Morgan fingerprint density at radius 1 is 1.10 bits per heavy atom. The van der Waals surface area contributed by atoms with Gasteiger partial charge in [0.1, 0.15) is 0 Å². The van der Waals surface area contributed by atoms with Crippen molar-refractivity contribution in [3.8, 4) is 0 Å². The van der Waals surface area contributed by atoms with E-state index in [0.29, 0.717) is 0 Å². The summed E-state index contributed by atoms with van der Waals surface area (Å²) in [6.45, 7) is 2.89. The molecular formula is C17H15BrN2. The van der Waals surface area contributed by atoms with Crippen molar-refractivity contribution < 1.29 is 0 Å². The molecule has 0 aliphatic heterocycles. The molecule has 0 radical (unpaired) electrons. The lowest BCUT2D eigenvalue weighted by Crippen LogP contribution is -2.00. The van der Waals surface area contributed by atoms with Crippen LogP contribution < -0.4 is 5.32 Å². The van der Waals surface area contributed by atoms with Crippen LogP contribution in [0.3, 0.4) is 0 Å². The molecule has 0 unspecified atom stereocenters. The lowest BCUT2D eigenvalue weighted by Gasteiger charge is -2.10. The number of hydrogen-bond donors (Lipinski definition) is 1. The van der Waals surface area contributed by atoms with Gasteiger partial charge in [-0.05, 0) is 48.4 Å². The Morgan fingerprint density at radius 3 is 2.80 bits per heavy atom. The van der Waals surface area contributed by atoms with Crippen molar-refractivity contribution in [2.45, 2.75) is 13.5 Å². The molecule has 0 saturated heterocycles. The monoisotopic (exact) mass is 326 g/mol. The highest BCUT2D eigenvalue weighted by Crippen LogP contribution is 2.21. The molecule has 3 rings (SSSR count). The van der Waals surface area contributed by atoms with Crippen molar-refractivity contribution in [3.05, 3.63) is 70.3 Å². The Bertz CT molecular complexity index is 727. The van der Waals surface area contributed by atoms with E-state index in [1.807, 2.05) is 18.3 Å². The molecule has 100 valence electrons. The molecule has 0 aliphatic rings. The number of hydrogen-bond acceptors (Lipinski definition) is 2. The van der Waals surface area contributed by atoms with Crippen LogP contribution in [0.4, 0.5) is 5.69 Å². The summed E-state index contributed by atoms with van der Waals surface area (Å²) in [6, 6.07) is 16.6. The van der Waals surface area contributed by atoms with E-state index < -0.39 is 0 Å². The molecule has 1 aromatic heterocycles. The molecule has 0 fully saturated rings. The predicted octanol–water partition coefficient (Wildman–Crippen LogP) is 4.92. The Hall–Kier alpha value is -1.87. The summed E-state index contributed by atoms with van der Waals surface area (Å²) >= 11 is 3.53. The topological polar surface area (TPSA) is 24.9 Å². The van der Waals surface area contributed by atoms with E-state index in [0.717, 1.165) is 22.2 Å². The number of nitrogens with one attached hydrogen (secondary N) is 1. The zero-order chi connectivity index (χ0) is 13.9. The minimum atomic E-state index is 0.791. The number of halogens is 1. The highest BCUT2D eigenvalue weighted by molar-refractivity contribution is 9.10. The molecule has 0 spiro atoms. The first-order chi connectivity index (χ1) is 9.72. The number of para-hydroxylation sites is 1. The maximum absolute atomic E-state index is 4.39. The van der Waals surface area contributed by atoms with Crippen molar-refractivity contribution in [3.63, 3.8) is 0 Å². The summed E-state index contributed by atoms with van der Waals surface area (Å²) in [5.74, 6) is 0. The number of rotatable bonds is 3. The SMILES string of the molecule is Cc1cc(Br)cc(NCc2ccnc3ccccc23)c1. The number of nitrogens with zero attached hydrogens (tertiary/aromatic N) is 1. The largest absolute Gasteiger partial charge is 0.381 e. The smallest absolute Gasteiger partial charge is 0.0705 e. The van der Waals surface area contributed by atoms with Crippen molar-refractivity contribution in [1.29, 1.82) is 0 Å². The van der Waals surface area contributed by atoms with Gasteiger partial charge in [-0.3, -0.25) is 4.98 Å². The van der Waals surface area contributed by atoms with Crippen LogP contribution in [0.25, 0.3) is 10.9 Å². The van der Waals surface area contributed by atoms with E-state index in [2.05, 4.69) is 69.6 Å². The van der Waals surface area contributed by atoms with E-state index in [4.69, 9.17) is 0 Å². The van der Waals surface area contributed by atoms with Gasteiger partial charge in [-0.25, -0.2) is 0 Å². The van der Waals surface area contributed by atoms with Crippen molar-refractivity contribution in [2.75, 3.05) is 5.32 Å². The molecule has 2 aromatic carbocycles. The summed E-state index contributed by atoms with van der Waals surface area (Å²) in [4.78, 5) is 4.39. The van der Waals surface area contributed by atoms with Crippen LogP contribution in [-0.4, -0.2) is 4.98 Å². The summed E-state index contributed by atoms with van der Waals surface area (Å²) in [5.41, 5.74) is 4.66. The molecule has 0 bridgehead atoms. The van der Waals surface area contributed by atoms with Gasteiger partial charge >= 0.3 is 0 Å². The number of benzene rings is 2. The number of anilines is 1. The lowest BCUT2D eigenvalue weighted by atomic mass is 10.1. The van der Waals surface area contributed by atoms with Crippen LogP contribution in [0.15, 0.2) is 59.2 Å². The van der Waals surface area contributed by atoms with E-state index in [9.17, 15) is 0 Å². The Labute approximate surface area is 127 Å². The zero-order valence-electron chi connectivity index (χ0n) is 11.2. The van der Waals surface area contributed by atoms with Gasteiger partial charge in [0, 0.05) is 28.3 Å². The van der Waals surface area contributed by atoms with Gasteiger partial charge in [0.25, 0.3) is 0 Å². The van der Waals surface area contributed by atoms with Gasteiger partial charge in [0.05, 0.1) is 5.52 Å². The minimum absolute atomic E-state index is 0.791. The lowest BCUT2D eigenvalue weighted by molar-refractivity contribution is 1.15. The molecule has 20 heavy (non-hydrogen) atoms. The van der Waals surface area contributed by atoms with E-state index in [1.54, 1.807) is 0 Å². The molecule has 1 N–H and O–H groups in total. The van der Waals surface area contributed by atoms with Gasteiger partial charge in [0.2, 0.25) is 0 Å². The molecule has 2 nitrogen and oxygen atoms in total.